The van der Waals surface area contributed by atoms with Gasteiger partial charge in [-0.3, -0.25) is 4.79 Å². The number of amides is 1. The van der Waals surface area contributed by atoms with Crippen molar-refractivity contribution in [1.82, 2.24) is 20.0 Å². The number of alkyl halides is 3. The summed E-state index contributed by atoms with van der Waals surface area (Å²) in [6.07, 6.45) is 0.165. The van der Waals surface area contributed by atoms with Crippen molar-refractivity contribution in [2.24, 2.45) is 0 Å². The van der Waals surface area contributed by atoms with Crippen LogP contribution in [0.2, 0.25) is 0 Å². The monoisotopic (exact) mass is 604 g/mol. The average Bonchev–Trinajstić information content (AvgIpc) is 2.89. The van der Waals surface area contributed by atoms with E-state index in [9.17, 15) is 30.8 Å². The summed E-state index contributed by atoms with van der Waals surface area (Å²) in [5.74, 6) is -2.40. The van der Waals surface area contributed by atoms with Crippen molar-refractivity contribution in [3.63, 3.8) is 0 Å². The molecule has 1 aliphatic heterocycles. The van der Waals surface area contributed by atoms with Crippen LogP contribution in [0.4, 0.5) is 35.0 Å². The van der Waals surface area contributed by atoms with Crippen molar-refractivity contribution in [1.29, 1.82) is 0 Å². The SMILES string of the molecule is COc1cc(F)c(C(=O)NC2CCOCC2)cc1Nc1ncc(C(F)(F)F)c(N[C@@H]2CCCC[C@H]2NS(C)(=O)=O)n1. The Bertz CT molecular complexity index is 1350. The topological polar surface area (TPSA) is 144 Å². The molecule has 0 spiro atoms. The van der Waals surface area contributed by atoms with Gasteiger partial charge in [-0.2, -0.15) is 18.2 Å². The molecule has 1 aromatic heterocycles. The van der Waals surface area contributed by atoms with Crippen LogP contribution < -0.4 is 25.4 Å². The largest absolute Gasteiger partial charge is 0.494 e. The maximum Gasteiger partial charge on any atom is 0.421 e. The van der Waals surface area contributed by atoms with Crippen LogP contribution >= 0.6 is 0 Å². The number of benzene rings is 1. The van der Waals surface area contributed by atoms with E-state index in [4.69, 9.17) is 9.47 Å². The summed E-state index contributed by atoms with van der Waals surface area (Å²) in [6, 6.07) is 0.656. The van der Waals surface area contributed by atoms with Crippen LogP contribution in [-0.2, 0) is 20.9 Å². The van der Waals surface area contributed by atoms with Gasteiger partial charge in [0.1, 0.15) is 22.9 Å². The van der Waals surface area contributed by atoms with E-state index in [2.05, 4.69) is 30.6 Å². The predicted molar refractivity (Wildman–Crippen MR) is 142 cm³/mol. The van der Waals surface area contributed by atoms with Gasteiger partial charge in [-0.05, 0) is 31.7 Å². The predicted octanol–water partition coefficient (Wildman–Crippen LogP) is 3.57. The first kappa shape index (κ1) is 30.7. The van der Waals surface area contributed by atoms with Crippen LogP contribution in [-0.4, -0.2) is 69.0 Å². The molecule has 4 N–H and O–H groups in total. The minimum Gasteiger partial charge on any atom is -0.494 e. The third-order valence-electron chi connectivity index (χ3n) is 6.88. The molecule has 11 nitrogen and oxygen atoms in total. The van der Waals surface area contributed by atoms with Crippen molar-refractivity contribution in [2.75, 3.05) is 37.2 Å². The Labute approximate surface area is 234 Å². The van der Waals surface area contributed by atoms with Crippen molar-refractivity contribution < 1.29 is 40.2 Å². The Hall–Kier alpha value is -3.24. The fourth-order valence-corrected chi connectivity index (χ4v) is 5.71. The number of anilines is 3. The zero-order valence-electron chi connectivity index (χ0n) is 22.5. The van der Waals surface area contributed by atoms with Crippen LogP contribution in [0, 0.1) is 5.82 Å². The summed E-state index contributed by atoms with van der Waals surface area (Å²) in [6.45, 7) is 0.937. The Morgan fingerprint density at radius 2 is 1.78 bits per heavy atom. The molecule has 0 radical (unpaired) electrons. The van der Waals surface area contributed by atoms with Gasteiger partial charge in [0.15, 0.2) is 0 Å². The molecular weight excluding hydrogens is 572 g/mol. The van der Waals surface area contributed by atoms with E-state index in [1.54, 1.807) is 0 Å². The molecule has 226 valence electrons. The molecule has 1 amide bonds. The molecule has 16 heteroatoms. The molecule has 0 bridgehead atoms. The lowest BCUT2D eigenvalue weighted by atomic mass is 9.91. The number of sulfonamides is 1. The molecule has 1 aromatic carbocycles. The number of hydrogen-bond acceptors (Lipinski definition) is 9. The summed E-state index contributed by atoms with van der Waals surface area (Å²) in [5, 5.41) is 8.25. The number of nitrogens with zero attached hydrogens (tertiary/aromatic N) is 2. The van der Waals surface area contributed by atoms with Gasteiger partial charge in [0, 0.05) is 43.6 Å². The Morgan fingerprint density at radius 1 is 1.10 bits per heavy atom. The van der Waals surface area contributed by atoms with Gasteiger partial charge in [-0.25, -0.2) is 22.5 Å². The van der Waals surface area contributed by atoms with E-state index >= 15 is 0 Å². The van der Waals surface area contributed by atoms with Crippen molar-refractivity contribution in [3.05, 3.63) is 35.3 Å². The molecule has 2 aliphatic rings. The molecule has 4 rings (SSSR count). The maximum absolute atomic E-state index is 14.8. The zero-order chi connectivity index (χ0) is 29.8. The Morgan fingerprint density at radius 3 is 2.41 bits per heavy atom. The molecule has 2 heterocycles. The molecule has 2 atom stereocenters. The highest BCUT2D eigenvalue weighted by molar-refractivity contribution is 7.88. The number of carbonyl (C=O) groups excluding carboxylic acids is 1. The highest BCUT2D eigenvalue weighted by Gasteiger charge is 2.37. The molecule has 1 aliphatic carbocycles. The van der Waals surface area contributed by atoms with E-state index in [-0.39, 0.29) is 29.0 Å². The summed E-state index contributed by atoms with van der Waals surface area (Å²) in [7, 11) is -2.34. The number of rotatable bonds is 9. The quantitative estimate of drug-likeness (QED) is 0.316. The van der Waals surface area contributed by atoms with E-state index in [0.717, 1.165) is 12.3 Å². The van der Waals surface area contributed by atoms with Crippen molar-refractivity contribution >= 4 is 33.4 Å². The van der Waals surface area contributed by atoms with Gasteiger partial charge in [-0.1, -0.05) is 12.8 Å². The van der Waals surface area contributed by atoms with Crippen LogP contribution in [0.15, 0.2) is 18.3 Å². The molecule has 2 aromatic rings. The number of ether oxygens (including phenoxy) is 2. The summed E-state index contributed by atoms with van der Waals surface area (Å²) >= 11 is 0. The lowest BCUT2D eigenvalue weighted by molar-refractivity contribution is -0.137. The van der Waals surface area contributed by atoms with Gasteiger partial charge >= 0.3 is 6.18 Å². The second-order valence-corrected chi connectivity index (χ2v) is 11.8. The lowest BCUT2D eigenvalue weighted by Gasteiger charge is -2.33. The van der Waals surface area contributed by atoms with Crippen LogP contribution in [0.1, 0.15) is 54.4 Å². The van der Waals surface area contributed by atoms with Crippen LogP contribution in [0.5, 0.6) is 5.75 Å². The van der Waals surface area contributed by atoms with E-state index in [1.165, 1.54) is 13.2 Å². The normalized spacial score (nSPS) is 20.3. The molecule has 0 unspecified atom stereocenters. The minimum absolute atomic E-state index is 0.0344. The number of halogens is 4. The second-order valence-electron chi connectivity index (χ2n) is 10.0. The third-order valence-corrected chi connectivity index (χ3v) is 7.62. The van der Waals surface area contributed by atoms with Gasteiger partial charge in [0.05, 0.1) is 24.6 Å². The third kappa shape index (κ3) is 8.16. The fourth-order valence-electron chi connectivity index (χ4n) is 4.88. The first-order valence-electron chi connectivity index (χ1n) is 13.1. The second kappa shape index (κ2) is 12.7. The average molecular weight is 605 g/mol. The molecule has 2 fully saturated rings. The van der Waals surface area contributed by atoms with Crippen molar-refractivity contribution in [3.8, 4) is 5.75 Å². The fraction of sp³-hybridized carbons (Fsp3) is 0.560. The highest BCUT2D eigenvalue weighted by atomic mass is 32.2. The van der Waals surface area contributed by atoms with Gasteiger partial charge in [0.2, 0.25) is 16.0 Å². The van der Waals surface area contributed by atoms with Gasteiger partial charge in [0.25, 0.3) is 5.91 Å². The lowest BCUT2D eigenvalue weighted by Crippen LogP contribution is -2.48. The number of nitrogens with one attached hydrogen (secondary N) is 4. The summed E-state index contributed by atoms with van der Waals surface area (Å²) in [4.78, 5) is 20.6. The van der Waals surface area contributed by atoms with Crippen molar-refractivity contribution in [2.45, 2.75) is 62.8 Å². The standard InChI is InChI=1S/C25H32F4N6O5S/c1-39-21-12-17(26)15(23(36)31-14-7-9-40-10-8-14)11-20(21)33-24-30-13-16(25(27,28)29)22(34-24)32-18-5-3-4-6-19(18)35-41(2,37)38/h11-14,18-19,35H,3-10H2,1-2H3,(H,31,36)(H2,30,32,33,34)/t18-,19-/m1/s1. The highest BCUT2D eigenvalue weighted by Crippen LogP contribution is 2.36. The van der Waals surface area contributed by atoms with Gasteiger partial charge < -0.3 is 25.4 Å². The summed E-state index contributed by atoms with van der Waals surface area (Å²) < 4.78 is 93.0. The first-order valence-corrected chi connectivity index (χ1v) is 14.9. The van der Waals surface area contributed by atoms with E-state index in [0.29, 0.717) is 57.9 Å². The Balaban J connectivity index is 1.62. The first-order chi connectivity index (χ1) is 19.3. The maximum atomic E-state index is 14.8. The smallest absolute Gasteiger partial charge is 0.421 e. The number of hydrogen-bond donors (Lipinski definition) is 4. The van der Waals surface area contributed by atoms with Gasteiger partial charge in [-0.15, -0.1) is 0 Å². The summed E-state index contributed by atoms with van der Waals surface area (Å²) in [5.41, 5.74) is -1.40. The van der Waals surface area contributed by atoms with Crippen LogP contribution in [0.25, 0.3) is 0 Å². The molecular formula is C25H32F4N6O5S. The minimum atomic E-state index is -4.81. The number of methoxy groups -OCH3 is 1. The zero-order valence-corrected chi connectivity index (χ0v) is 23.3. The number of carbonyl (C=O) groups is 1. The van der Waals surface area contributed by atoms with E-state index < -0.39 is 51.4 Å². The molecule has 1 saturated carbocycles. The van der Waals surface area contributed by atoms with E-state index in [1.807, 2.05) is 0 Å². The van der Waals surface area contributed by atoms with Crippen LogP contribution in [0.3, 0.4) is 0 Å². The molecule has 1 saturated heterocycles. The Kier molecular flexibility index (Phi) is 9.54. The molecule has 41 heavy (non-hydrogen) atoms. The number of aromatic nitrogens is 2.